The zero-order valence-electron chi connectivity index (χ0n) is 12.7. The van der Waals surface area contributed by atoms with Crippen LogP contribution in [0.15, 0.2) is 30.3 Å². The number of halogens is 2. The highest BCUT2D eigenvalue weighted by Crippen LogP contribution is 2.32. The van der Waals surface area contributed by atoms with E-state index in [1.807, 2.05) is 0 Å². The van der Waals surface area contributed by atoms with E-state index in [1.165, 1.54) is 31.4 Å². The van der Waals surface area contributed by atoms with Gasteiger partial charge in [-0.1, -0.05) is 30.3 Å². The van der Waals surface area contributed by atoms with Crippen molar-refractivity contribution < 1.29 is 26.7 Å². The van der Waals surface area contributed by atoms with Crippen molar-refractivity contribution in [3.63, 3.8) is 0 Å². The molecular formula is C15H19F2NO4S. The average molecular weight is 347 g/mol. The molecule has 128 valence electrons. The Labute approximate surface area is 134 Å². The van der Waals surface area contributed by atoms with Crippen LogP contribution in [0.2, 0.25) is 0 Å². The van der Waals surface area contributed by atoms with Crippen LogP contribution >= 0.6 is 0 Å². The van der Waals surface area contributed by atoms with E-state index >= 15 is 0 Å². The van der Waals surface area contributed by atoms with E-state index in [9.17, 15) is 22.0 Å². The Morgan fingerprint density at radius 1 is 1.35 bits per heavy atom. The number of alkyl halides is 2. The minimum atomic E-state index is -3.71. The summed E-state index contributed by atoms with van der Waals surface area (Å²) in [6.45, 7) is -0.00883. The molecule has 0 radical (unpaired) electrons. The van der Waals surface area contributed by atoms with E-state index in [0.717, 1.165) is 4.90 Å². The average Bonchev–Trinajstić information content (AvgIpc) is 2.88. The lowest BCUT2D eigenvalue weighted by molar-refractivity contribution is -0.161. The Kier molecular flexibility index (Phi) is 5.36. The molecule has 0 aromatic heterocycles. The summed E-state index contributed by atoms with van der Waals surface area (Å²) in [5.74, 6) is -5.47. The van der Waals surface area contributed by atoms with Crippen LogP contribution in [-0.2, 0) is 25.3 Å². The molecule has 1 saturated heterocycles. The molecule has 0 bridgehead atoms. The van der Waals surface area contributed by atoms with Gasteiger partial charge in [-0.2, -0.15) is 8.78 Å². The van der Waals surface area contributed by atoms with Gasteiger partial charge in [-0.25, -0.2) is 8.42 Å². The number of ether oxygens (including phenoxy) is 1. The molecule has 5 nitrogen and oxygen atoms in total. The van der Waals surface area contributed by atoms with E-state index in [0.29, 0.717) is 0 Å². The summed E-state index contributed by atoms with van der Waals surface area (Å²) >= 11 is 0. The minimum absolute atomic E-state index is 0.0627. The Morgan fingerprint density at radius 2 is 2.00 bits per heavy atom. The van der Waals surface area contributed by atoms with Gasteiger partial charge < -0.3 is 9.64 Å². The first kappa shape index (κ1) is 17.8. The number of hydrogen-bond donors (Lipinski definition) is 0. The molecule has 1 fully saturated rings. The highest BCUT2D eigenvalue weighted by atomic mass is 32.2. The molecule has 1 aromatic carbocycles. The molecule has 0 spiro atoms. The number of nitrogens with zero attached hydrogens (tertiary/aromatic N) is 1. The maximum Gasteiger partial charge on any atom is 0.349 e. The summed E-state index contributed by atoms with van der Waals surface area (Å²) in [4.78, 5) is 13.3. The highest BCUT2D eigenvalue weighted by molar-refractivity contribution is 7.91. The summed E-state index contributed by atoms with van der Waals surface area (Å²) < 4.78 is 57.1. The van der Waals surface area contributed by atoms with Gasteiger partial charge in [0.2, 0.25) is 0 Å². The molecule has 1 aliphatic rings. The molecule has 0 N–H and O–H groups in total. The van der Waals surface area contributed by atoms with Crippen molar-refractivity contribution in [3.05, 3.63) is 35.9 Å². The smallest absolute Gasteiger partial charge is 0.349 e. The second-order valence-electron chi connectivity index (χ2n) is 5.49. The quantitative estimate of drug-likeness (QED) is 0.781. The van der Waals surface area contributed by atoms with Crippen molar-refractivity contribution >= 4 is 15.7 Å². The number of sulfone groups is 1. The van der Waals surface area contributed by atoms with Crippen molar-refractivity contribution in [3.8, 4) is 0 Å². The molecule has 23 heavy (non-hydrogen) atoms. The summed E-state index contributed by atoms with van der Waals surface area (Å²) in [7, 11) is -1.90. The van der Waals surface area contributed by atoms with Crippen LogP contribution in [0.1, 0.15) is 12.0 Å². The van der Waals surface area contributed by atoms with Gasteiger partial charge in [0.05, 0.1) is 18.1 Å². The summed E-state index contributed by atoms with van der Waals surface area (Å²) in [5, 5.41) is 0. The zero-order chi connectivity index (χ0) is 17.1. The van der Waals surface area contributed by atoms with Gasteiger partial charge in [-0.05, 0) is 6.42 Å². The van der Waals surface area contributed by atoms with Crippen LogP contribution in [-0.4, -0.2) is 57.0 Å². The first-order chi connectivity index (χ1) is 10.8. The molecule has 1 atom stereocenters. The van der Waals surface area contributed by atoms with Gasteiger partial charge >= 0.3 is 5.92 Å². The number of rotatable bonds is 6. The van der Waals surface area contributed by atoms with E-state index < -0.39 is 33.3 Å². The zero-order valence-corrected chi connectivity index (χ0v) is 13.6. The van der Waals surface area contributed by atoms with Gasteiger partial charge in [0.1, 0.15) is 0 Å². The number of methoxy groups -OCH3 is 1. The fraction of sp³-hybridized carbons (Fsp3) is 0.533. The third-order valence-electron chi connectivity index (χ3n) is 3.85. The Morgan fingerprint density at radius 3 is 2.52 bits per heavy atom. The largest absolute Gasteiger partial charge is 0.383 e. The monoisotopic (exact) mass is 347 g/mol. The molecule has 1 aliphatic heterocycles. The third-order valence-corrected chi connectivity index (χ3v) is 5.60. The summed E-state index contributed by atoms with van der Waals surface area (Å²) in [5.41, 5.74) is -0.409. The minimum Gasteiger partial charge on any atom is -0.383 e. The maximum absolute atomic E-state index is 14.5. The Balaban J connectivity index is 2.26. The number of benzene rings is 1. The lowest BCUT2D eigenvalue weighted by Crippen LogP contribution is -2.49. The van der Waals surface area contributed by atoms with Crippen molar-refractivity contribution in [2.24, 2.45) is 0 Å². The number of carbonyl (C=O) groups excluding carboxylic acids is 1. The van der Waals surface area contributed by atoms with Crippen LogP contribution < -0.4 is 0 Å². The van der Waals surface area contributed by atoms with Gasteiger partial charge in [-0.15, -0.1) is 0 Å². The molecular weight excluding hydrogens is 328 g/mol. The predicted octanol–water partition coefficient (Wildman–Crippen LogP) is 1.44. The Bertz CT molecular complexity index is 649. The fourth-order valence-electron chi connectivity index (χ4n) is 2.61. The normalized spacial score (nSPS) is 20.4. The predicted molar refractivity (Wildman–Crippen MR) is 81.0 cm³/mol. The van der Waals surface area contributed by atoms with E-state index in [1.54, 1.807) is 6.07 Å². The maximum atomic E-state index is 14.5. The molecule has 2 rings (SSSR count). The number of carbonyl (C=O) groups is 1. The summed E-state index contributed by atoms with van der Waals surface area (Å²) in [6, 6.07) is 6.05. The van der Waals surface area contributed by atoms with E-state index in [4.69, 9.17) is 4.74 Å². The standard InChI is InChI=1S/C15H19F2NO4S/c1-22-9-8-18(13-7-10-23(20,21)11-13)14(19)15(16,17)12-5-3-2-4-6-12/h2-6,13H,7-11H2,1H3/t13-/m0/s1. The van der Waals surface area contributed by atoms with Crippen molar-refractivity contribution in [1.82, 2.24) is 4.90 Å². The van der Waals surface area contributed by atoms with Crippen LogP contribution in [0.4, 0.5) is 8.78 Å². The van der Waals surface area contributed by atoms with Crippen molar-refractivity contribution in [1.29, 1.82) is 0 Å². The number of hydrogen-bond acceptors (Lipinski definition) is 4. The molecule has 1 amide bonds. The van der Waals surface area contributed by atoms with Crippen LogP contribution in [0.25, 0.3) is 0 Å². The van der Waals surface area contributed by atoms with Crippen LogP contribution in [0.5, 0.6) is 0 Å². The first-order valence-electron chi connectivity index (χ1n) is 7.21. The van der Waals surface area contributed by atoms with E-state index in [-0.39, 0.29) is 31.1 Å². The van der Waals surface area contributed by atoms with Gasteiger partial charge in [-0.3, -0.25) is 4.79 Å². The SMILES string of the molecule is COCCN(C(=O)C(F)(F)c1ccccc1)[C@H]1CCS(=O)(=O)C1. The van der Waals surface area contributed by atoms with Crippen molar-refractivity contribution in [2.75, 3.05) is 31.8 Å². The molecule has 1 heterocycles. The first-order valence-corrected chi connectivity index (χ1v) is 9.04. The van der Waals surface area contributed by atoms with E-state index in [2.05, 4.69) is 0 Å². The molecule has 0 saturated carbocycles. The highest BCUT2D eigenvalue weighted by Gasteiger charge is 2.47. The molecule has 8 heteroatoms. The Hall–Kier alpha value is -1.54. The van der Waals surface area contributed by atoms with Gasteiger partial charge in [0.15, 0.2) is 9.84 Å². The van der Waals surface area contributed by atoms with Gasteiger partial charge in [0, 0.05) is 25.3 Å². The van der Waals surface area contributed by atoms with Gasteiger partial charge in [0.25, 0.3) is 5.91 Å². The lowest BCUT2D eigenvalue weighted by Gasteiger charge is -2.31. The fourth-order valence-corrected chi connectivity index (χ4v) is 4.34. The second kappa shape index (κ2) is 6.92. The molecule has 1 aromatic rings. The lowest BCUT2D eigenvalue weighted by atomic mass is 10.1. The second-order valence-corrected chi connectivity index (χ2v) is 7.72. The summed E-state index contributed by atoms with van der Waals surface area (Å²) in [6.07, 6.45) is 0.169. The number of amides is 1. The van der Waals surface area contributed by atoms with Crippen molar-refractivity contribution in [2.45, 2.75) is 18.4 Å². The van der Waals surface area contributed by atoms with Crippen LogP contribution in [0.3, 0.4) is 0 Å². The van der Waals surface area contributed by atoms with Crippen LogP contribution in [0, 0.1) is 0 Å². The topological polar surface area (TPSA) is 63.7 Å². The third kappa shape index (κ3) is 4.06. The molecule has 0 unspecified atom stereocenters. The molecule has 0 aliphatic carbocycles.